The van der Waals surface area contributed by atoms with Crippen LogP contribution in [0.15, 0.2) is 72.8 Å². The molecule has 36 heavy (non-hydrogen) atoms. The third kappa shape index (κ3) is 4.61. The van der Waals surface area contributed by atoms with Crippen molar-refractivity contribution in [2.45, 2.75) is 27.3 Å². The second-order valence-electron chi connectivity index (χ2n) is 8.70. The summed E-state index contributed by atoms with van der Waals surface area (Å²) in [4.78, 5) is 32.5. The molecule has 2 aromatic heterocycles. The summed E-state index contributed by atoms with van der Waals surface area (Å²) < 4.78 is 1.69. The van der Waals surface area contributed by atoms with Crippen molar-refractivity contribution in [3.05, 3.63) is 95.4 Å². The number of hydrogen-bond acceptors (Lipinski definition) is 4. The van der Waals surface area contributed by atoms with Crippen LogP contribution in [-0.4, -0.2) is 31.6 Å². The number of rotatable bonds is 6. The Morgan fingerprint density at radius 1 is 0.972 bits per heavy atom. The molecule has 2 amide bonds. The highest BCUT2D eigenvalue weighted by atomic mass is 16.2. The molecule has 0 fully saturated rings. The number of nitrogens with zero attached hydrogens (tertiary/aromatic N) is 3. The van der Waals surface area contributed by atoms with Gasteiger partial charge in [-0.15, -0.1) is 0 Å². The van der Waals surface area contributed by atoms with Gasteiger partial charge in [0.2, 0.25) is 5.91 Å². The first kappa shape index (κ1) is 23.0. The van der Waals surface area contributed by atoms with Crippen LogP contribution < -0.4 is 10.6 Å². The van der Waals surface area contributed by atoms with E-state index in [1.807, 2.05) is 74.5 Å². The Labute approximate surface area is 208 Å². The Balaban J connectivity index is 1.37. The number of hydrogen-bond donors (Lipinski definition) is 3. The SMILES string of the molecule is CC(=O)Nc1c(-c2ccccc2)c(C)nn1-c1ccc(C(=O)NCc2nc3ccc(C)cc3[nH]2)cc1. The van der Waals surface area contributed by atoms with Crippen molar-refractivity contribution < 1.29 is 9.59 Å². The van der Waals surface area contributed by atoms with Crippen LogP contribution in [-0.2, 0) is 11.3 Å². The van der Waals surface area contributed by atoms with Crippen molar-refractivity contribution in [2.24, 2.45) is 0 Å². The van der Waals surface area contributed by atoms with E-state index in [1.165, 1.54) is 6.92 Å². The van der Waals surface area contributed by atoms with Gasteiger partial charge in [0, 0.05) is 18.1 Å². The highest BCUT2D eigenvalue weighted by Crippen LogP contribution is 2.33. The molecular weight excluding hydrogens is 452 g/mol. The van der Waals surface area contributed by atoms with E-state index in [2.05, 4.69) is 25.7 Å². The molecular formula is C28H26N6O2. The summed E-state index contributed by atoms with van der Waals surface area (Å²) >= 11 is 0. The Bertz CT molecular complexity index is 1570. The number of amides is 2. The van der Waals surface area contributed by atoms with Crippen molar-refractivity contribution in [1.29, 1.82) is 0 Å². The van der Waals surface area contributed by atoms with E-state index in [9.17, 15) is 9.59 Å². The Hall–Kier alpha value is -4.72. The van der Waals surface area contributed by atoms with Crippen molar-refractivity contribution >= 4 is 28.7 Å². The average molecular weight is 479 g/mol. The van der Waals surface area contributed by atoms with Crippen LogP contribution in [0.5, 0.6) is 0 Å². The fourth-order valence-corrected chi connectivity index (χ4v) is 4.23. The Kier molecular flexibility index (Phi) is 6.08. The molecule has 0 saturated carbocycles. The zero-order valence-electron chi connectivity index (χ0n) is 20.3. The summed E-state index contributed by atoms with van der Waals surface area (Å²) in [6.45, 7) is 5.70. The molecule has 8 heteroatoms. The number of carbonyl (C=O) groups is 2. The number of carbonyl (C=O) groups excluding carboxylic acids is 2. The van der Waals surface area contributed by atoms with E-state index in [1.54, 1.807) is 16.8 Å². The third-order valence-corrected chi connectivity index (χ3v) is 5.89. The van der Waals surface area contributed by atoms with Crippen molar-refractivity contribution in [1.82, 2.24) is 25.1 Å². The van der Waals surface area contributed by atoms with Crippen molar-refractivity contribution in [3.63, 3.8) is 0 Å². The molecule has 0 saturated heterocycles. The number of imidazole rings is 1. The Morgan fingerprint density at radius 3 is 2.44 bits per heavy atom. The molecule has 0 unspecified atom stereocenters. The number of fused-ring (bicyclic) bond motifs is 1. The summed E-state index contributed by atoms with van der Waals surface area (Å²) in [6, 6.07) is 22.9. The molecule has 5 aromatic rings. The van der Waals surface area contributed by atoms with E-state index in [-0.39, 0.29) is 11.8 Å². The number of aromatic nitrogens is 4. The summed E-state index contributed by atoms with van der Waals surface area (Å²) in [5.41, 5.74) is 6.80. The molecule has 0 aliphatic heterocycles. The number of aryl methyl sites for hydroxylation is 2. The quantitative estimate of drug-likeness (QED) is 0.322. The van der Waals surface area contributed by atoms with E-state index in [0.717, 1.165) is 39.1 Å². The molecule has 0 bridgehead atoms. The first-order valence-electron chi connectivity index (χ1n) is 11.7. The summed E-state index contributed by atoms with van der Waals surface area (Å²) in [7, 11) is 0. The van der Waals surface area contributed by atoms with Gasteiger partial charge in [0.25, 0.3) is 5.91 Å². The maximum Gasteiger partial charge on any atom is 0.251 e. The minimum absolute atomic E-state index is 0.190. The topological polar surface area (TPSA) is 105 Å². The first-order valence-corrected chi connectivity index (χ1v) is 11.7. The minimum Gasteiger partial charge on any atom is -0.345 e. The molecule has 180 valence electrons. The predicted octanol–water partition coefficient (Wildman–Crippen LogP) is 4.92. The van der Waals surface area contributed by atoms with Crippen LogP contribution in [0.4, 0.5) is 5.82 Å². The van der Waals surface area contributed by atoms with Gasteiger partial charge in [0.1, 0.15) is 11.6 Å². The summed E-state index contributed by atoms with van der Waals surface area (Å²) in [5.74, 6) is 0.886. The number of aromatic amines is 1. The normalized spacial score (nSPS) is 11.0. The predicted molar refractivity (Wildman–Crippen MR) is 140 cm³/mol. The van der Waals surface area contributed by atoms with Gasteiger partial charge >= 0.3 is 0 Å². The van der Waals surface area contributed by atoms with Crippen LogP contribution in [0.3, 0.4) is 0 Å². The number of H-pyrrole nitrogens is 1. The number of nitrogens with one attached hydrogen (secondary N) is 3. The fourth-order valence-electron chi connectivity index (χ4n) is 4.23. The second-order valence-corrected chi connectivity index (χ2v) is 8.70. The lowest BCUT2D eigenvalue weighted by Crippen LogP contribution is -2.23. The van der Waals surface area contributed by atoms with E-state index >= 15 is 0 Å². The lowest BCUT2D eigenvalue weighted by atomic mass is 10.1. The molecule has 5 rings (SSSR count). The monoisotopic (exact) mass is 478 g/mol. The minimum atomic E-state index is -0.207. The number of benzene rings is 3. The maximum absolute atomic E-state index is 12.8. The molecule has 3 N–H and O–H groups in total. The van der Waals surface area contributed by atoms with Gasteiger partial charge in [-0.3, -0.25) is 9.59 Å². The zero-order chi connectivity index (χ0) is 25.2. The van der Waals surface area contributed by atoms with Gasteiger partial charge in [-0.25, -0.2) is 9.67 Å². The first-order chi connectivity index (χ1) is 17.4. The van der Waals surface area contributed by atoms with E-state index in [0.29, 0.717) is 23.8 Å². The van der Waals surface area contributed by atoms with E-state index < -0.39 is 0 Å². The summed E-state index contributed by atoms with van der Waals surface area (Å²) in [5, 5.41) is 10.5. The highest BCUT2D eigenvalue weighted by molar-refractivity contribution is 5.95. The lowest BCUT2D eigenvalue weighted by Gasteiger charge is -2.11. The molecule has 0 atom stereocenters. The Morgan fingerprint density at radius 2 is 1.72 bits per heavy atom. The zero-order valence-corrected chi connectivity index (χ0v) is 20.3. The molecule has 0 spiro atoms. The van der Waals surface area contributed by atoms with Crippen molar-refractivity contribution in [3.8, 4) is 16.8 Å². The summed E-state index contributed by atoms with van der Waals surface area (Å²) in [6.07, 6.45) is 0. The van der Waals surface area contributed by atoms with Crippen LogP contribution in [0, 0.1) is 13.8 Å². The number of anilines is 1. The van der Waals surface area contributed by atoms with Gasteiger partial charge in [-0.05, 0) is 61.4 Å². The van der Waals surface area contributed by atoms with Gasteiger partial charge in [0.05, 0.1) is 29.0 Å². The second kappa shape index (κ2) is 9.50. The van der Waals surface area contributed by atoms with Crippen LogP contribution in [0.25, 0.3) is 27.8 Å². The molecule has 8 nitrogen and oxygen atoms in total. The van der Waals surface area contributed by atoms with E-state index in [4.69, 9.17) is 0 Å². The smallest absolute Gasteiger partial charge is 0.251 e. The molecule has 0 aliphatic carbocycles. The van der Waals surface area contributed by atoms with Crippen molar-refractivity contribution in [2.75, 3.05) is 5.32 Å². The van der Waals surface area contributed by atoms with Crippen LogP contribution in [0.2, 0.25) is 0 Å². The van der Waals surface area contributed by atoms with Gasteiger partial charge in [-0.2, -0.15) is 5.10 Å². The van der Waals surface area contributed by atoms with Gasteiger partial charge in [-0.1, -0.05) is 36.4 Å². The van der Waals surface area contributed by atoms with Crippen LogP contribution in [0.1, 0.15) is 34.4 Å². The fraction of sp³-hybridized carbons (Fsp3) is 0.143. The molecule has 0 aliphatic rings. The van der Waals surface area contributed by atoms with Crippen LogP contribution >= 0.6 is 0 Å². The standard InChI is InChI=1S/C28H26N6O2/c1-17-9-14-23-24(15-17)32-25(31-23)16-29-28(36)21-10-12-22(13-11-21)34-27(30-19(3)35)26(18(2)33-34)20-7-5-4-6-8-20/h4-15H,16H2,1-3H3,(H,29,36)(H,30,35)(H,31,32). The maximum atomic E-state index is 12.8. The molecule has 0 radical (unpaired) electrons. The third-order valence-electron chi connectivity index (χ3n) is 5.89. The molecule has 3 aromatic carbocycles. The highest BCUT2D eigenvalue weighted by Gasteiger charge is 2.19. The van der Waals surface area contributed by atoms with Gasteiger partial charge in [0.15, 0.2) is 0 Å². The molecule has 2 heterocycles. The van der Waals surface area contributed by atoms with Gasteiger partial charge < -0.3 is 15.6 Å². The average Bonchev–Trinajstić information content (AvgIpc) is 3.42. The lowest BCUT2D eigenvalue weighted by molar-refractivity contribution is -0.114. The largest absolute Gasteiger partial charge is 0.345 e.